The van der Waals surface area contributed by atoms with Crippen molar-refractivity contribution in [2.45, 2.75) is 32.4 Å². The Bertz CT molecular complexity index is 594. The van der Waals surface area contributed by atoms with Gasteiger partial charge >= 0.3 is 12.0 Å². The topological polar surface area (TPSA) is 63.6 Å². The van der Waals surface area contributed by atoms with E-state index in [1.165, 1.54) is 0 Å². The second-order valence-corrected chi connectivity index (χ2v) is 6.84. The van der Waals surface area contributed by atoms with Gasteiger partial charge in [-0.3, -0.25) is 0 Å². The zero-order valence-electron chi connectivity index (χ0n) is 13.1. The van der Waals surface area contributed by atoms with Gasteiger partial charge in [0.25, 0.3) is 0 Å². The normalized spacial score (nSPS) is 28.3. The predicted octanol–water partition coefficient (Wildman–Crippen LogP) is 3.47. The average Bonchev–Trinajstić information content (AvgIpc) is 2.85. The quantitative estimate of drug-likeness (QED) is 0.639. The first-order valence-corrected chi connectivity index (χ1v) is 8.51. The summed E-state index contributed by atoms with van der Waals surface area (Å²) < 4.78 is 5.26. The van der Waals surface area contributed by atoms with Gasteiger partial charge in [0.1, 0.15) is 18.3 Å². The smallest absolute Gasteiger partial charge is 0.484 e. The van der Waals surface area contributed by atoms with E-state index in [0.29, 0.717) is 22.9 Å². The van der Waals surface area contributed by atoms with Crippen molar-refractivity contribution in [3.63, 3.8) is 0 Å². The van der Waals surface area contributed by atoms with E-state index in [1.54, 1.807) is 38.1 Å². The summed E-state index contributed by atoms with van der Waals surface area (Å²) in [6, 6.07) is 6.54. The molecule has 2 rings (SSSR count). The van der Waals surface area contributed by atoms with Gasteiger partial charge in [-0.15, -0.1) is 0 Å². The number of carbonyl (C=O) groups excluding carboxylic acids is 1. The zero-order valence-corrected chi connectivity index (χ0v) is 14.8. The molecule has 5 nitrogen and oxygen atoms in total. The molecule has 1 aromatic carbocycles. The number of thiol groups is 1. The lowest BCUT2D eigenvalue weighted by Crippen LogP contribution is -2.61. The van der Waals surface area contributed by atoms with Gasteiger partial charge in [0.2, 0.25) is 0 Å². The van der Waals surface area contributed by atoms with E-state index >= 15 is 0 Å². The summed E-state index contributed by atoms with van der Waals surface area (Å²) in [5, 5.41) is 10.3. The molecule has 126 valence electrons. The molecule has 0 aliphatic carbocycles. The van der Waals surface area contributed by atoms with Crippen LogP contribution in [0.5, 0.6) is 5.75 Å². The number of ether oxygens (including phenoxy) is 1. The molecule has 2 amide bonds. The molecule has 1 heterocycles. The number of hydrogen-bond acceptors (Lipinski definition) is 4. The molecule has 0 spiro atoms. The van der Waals surface area contributed by atoms with Gasteiger partial charge in [-0.05, 0) is 38.1 Å². The number of imide groups is 1. The lowest BCUT2D eigenvalue weighted by molar-refractivity contribution is -0.795. The van der Waals surface area contributed by atoms with Crippen molar-refractivity contribution in [2.75, 3.05) is 12.3 Å². The van der Waals surface area contributed by atoms with Crippen molar-refractivity contribution in [1.29, 1.82) is 0 Å². The Hall–Kier alpha value is -1.24. The Labute approximate surface area is 146 Å². The molecule has 0 radical (unpaired) electrons. The number of carbonyl (C=O) groups is 2. The van der Waals surface area contributed by atoms with Crippen molar-refractivity contribution < 1.29 is 23.9 Å². The highest BCUT2D eigenvalue weighted by molar-refractivity contribution is 7.80. The van der Waals surface area contributed by atoms with Crippen molar-refractivity contribution in [1.82, 2.24) is 0 Å². The maximum absolute atomic E-state index is 12.7. The van der Waals surface area contributed by atoms with E-state index in [9.17, 15) is 14.7 Å². The molecular weight excluding hydrogens is 338 g/mol. The second kappa shape index (κ2) is 7.11. The van der Waals surface area contributed by atoms with Crippen molar-refractivity contribution in [2.24, 2.45) is 5.92 Å². The highest BCUT2D eigenvalue weighted by atomic mass is 35.5. The van der Waals surface area contributed by atoms with Crippen LogP contribution in [0, 0.1) is 5.92 Å². The van der Waals surface area contributed by atoms with Crippen LogP contribution < -0.4 is 4.74 Å². The second-order valence-electron chi connectivity index (χ2n) is 6.03. The summed E-state index contributed by atoms with van der Waals surface area (Å²) in [5.41, 5.74) is 0. The van der Waals surface area contributed by atoms with Gasteiger partial charge < -0.3 is 9.84 Å². The Morgan fingerprint density at radius 1 is 1.43 bits per heavy atom. The predicted molar refractivity (Wildman–Crippen MR) is 91.1 cm³/mol. The number of benzene rings is 1. The van der Waals surface area contributed by atoms with Crippen molar-refractivity contribution in [3.8, 4) is 5.75 Å². The first-order valence-electron chi connectivity index (χ1n) is 7.50. The molecule has 7 heteroatoms. The van der Waals surface area contributed by atoms with Crippen LogP contribution in [0.4, 0.5) is 4.79 Å². The van der Waals surface area contributed by atoms with Crippen molar-refractivity contribution in [3.05, 3.63) is 29.3 Å². The lowest BCUT2D eigenvalue weighted by Gasteiger charge is -2.31. The minimum Gasteiger partial charge on any atom is -0.484 e. The van der Waals surface area contributed by atoms with Gasteiger partial charge in [-0.1, -0.05) is 11.6 Å². The summed E-state index contributed by atoms with van der Waals surface area (Å²) in [6.07, 6.45) is -0.961. The molecule has 1 aliphatic rings. The van der Waals surface area contributed by atoms with E-state index < -0.39 is 16.5 Å². The summed E-state index contributed by atoms with van der Waals surface area (Å²) in [4.78, 5) is 24.6. The number of nitrogens with zero attached hydrogens (tertiary/aromatic N) is 1. The first-order chi connectivity index (χ1) is 10.8. The molecule has 1 aromatic rings. The van der Waals surface area contributed by atoms with Crippen LogP contribution in [0.15, 0.2) is 24.3 Å². The molecule has 0 bridgehead atoms. The van der Waals surface area contributed by atoms with Crippen molar-refractivity contribution >= 4 is 36.2 Å². The average molecular weight is 359 g/mol. The molecular formula is C16H21ClNO4S+. The number of hydrogen-bond donors (Lipinski definition) is 2. The van der Waals surface area contributed by atoms with E-state index in [1.807, 2.05) is 0 Å². The number of quaternary nitrogens is 1. The maximum atomic E-state index is 12.7. The van der Waals surface area contributed by atoms with Gasteiger partial charge in [-0.25, -0.2) is 4.79 Å². The molecule has 1 saturated heterocycles. The minimum absolute atomic E-state index is 0.121. The van der Waals surface area contributed by atoms with E-state index in [0.717, 1.165) is 0 Å². The molecule has 1 fully saturated rings. The Kier molecular flexibility index (Phi) is 5.60. The third kappa shape index (κ3) is 3.49. The molecule has 1 aliphatic heterocycles. The summed E-state index contributed by atoms with van der Waals surface area (Å²) >= 11 is 9.97. The Morgan fingerprint density at radius 3 is 2.57 bits per heavy atom. The zero-order chi connectivity index (χ0) is 17.2. The third-order valence-electron chi connectivity index (χ3n) is 4.39. The minimum atomic E-state index is -1.13. The third-order valence-corrected chi connectivity index (χ3v) is 5.19. The Balaban J connectivity index is 2.21. The number of rotatable bonds is 4. The fraction of sp³-hybridized carbons (Fsp3) is 0.500. The fourth-order valence-electron chi connectivity index (χ4n) is 3.07. The summed E-state index contributed by atoms with van der Waals surface area (Å²) in [6.45, 7) is 3.61. The molecule has 23 heavy (non-hydrogen) atoms. The molecule has 0 aromatic heterocycles. The van der Waals surface area contributed by atoms with E-state index in [-0.39, 0.29) is 24.6 Å². The number of amides is 2. The fourth-order valence-corrected chi connectivity index (χ4v) is 3.35. The summed E-state index contributed by atoms with van der Waals surface area (Å²) in [5.74, 6) is 0.196. The van der Waals surface area contributed by atoms with Gasteiger partial charge in [-0.2, -0.15) is 21.9 Å². The molecule has 1 N–H and O–H groups in total. The first kappa shape index (κ1) is 18.1. The van der Waals surface area contributed by atoms with Crippen LogP contribution in [0.3, 0.4) is 0 Å². The number of halogens is 1. The SMILES string of the molecule is CC(CS)C(=O)[N@@+]1(C(=O)O)C[C@H](Oc2ccc(Cl)cc2)C[C@H]1C. The van der Waals surface area contributed by atoms with E-state index in [4.69, 9.17) is 16.3 Å². The van der Waals surface area contributed by atoms with Crippen LogP contribution in [0.2, 0.25) is 5.02 Å². The maximum Gasteiger partial charge on any atom is 0.521 e. The van der Waals surface area contributed by atoms with Crippen LogP contribution in [0.1, 0.15) is 20.3 Å². The van der Waals surface area contributed by atoms with Gasteiger partial charge in [0, 0.05) is 17.2 Å². The van der Waals surface area contributed by atoms with Gasteiger partial charge in [0.15, 0.2) is 6.10 Å². The lowest BCUT2D eigenvalue weighted by atomic mass is 10.1. The molecule has 0 saturated carbocycles. The monoisotopic (exact) mass is 358 g/mol. The van der Waals surface area contributed by atoms with E-state index in [2.05, 4.69) is 12.6 Å². The highest BCUT2D eigenvalue weighted by Crippen LogP contribution is 2.33. The summed E-state index contributed by atoms with van der Waals surface area (Å²) in [7, 11) is 0. The van der Waals surface area contributed by atoms with Crippen LogP contribution >= 0.6 is 24.2 Å². The van der Waals surface area contributed by atoms with Crippen LogP contribution in [0.25, 0.3) is 0 Å². The highest BCUT2D eigenvalue weighted by Gasteiger charge is 2.58. The Morgan fingerprint density at radius 2 is 2.04 bits per heavy atom. The largest absolute Gasteiger partial charge is 0.521 e. The molecule has 1 unspecified atom stereocenters. The van der Waals surface area contributed by atoms with Gasteiger partial charge in [0.05, 0.1) is 5.92 Å². The number of likely N-dealkylation sites (tertiary alicyclic amines) is 1. The molecule has 4 atom stereocenters. The van der Waals surface area contributed by atoms with Crippen LogP contribution in [-0.2, 0) is 4.79 Å². The van der Waals surface area contributed by atoms with Crippen LogP contribution in [-0.4, -0.2) is 46.0 Å². The number of carboxylic acid groups (broad SMARTS) is 1. The standard InChI is InChI=1S/C16H20ClNO4S/c1-10(9-23)15(19)18(16(20)21)8-14(7-11(18)2)22-13-5-3-12(17)4-6-13/h3-6,10-11,14H,7-9H2,1-2H3,(H-,20,21,23)/p+1/t10?,11-,14-,18-/m1/s1.